The minimum Gasteiger partial charge on any atom is -0.360 e. The second-order valence-electron chi connectivity index (χ2n) is 7.70. The van der Waals surface area contributed by atoms with Crippen molar-refractivity contribution < 1.29 is 0 Å². The zero-order valence-electron chi connectivity index (χ0n) is 16.9. The maximum atomic E-state index is 4.60. The van der Waals surface area contributed by atoms with Crippen LogP contribution in [0.1, 0.15) is 23.8 Å². The number of anilines is 1. The highest BCUT2D eigenvalue weighted by molar-refractivity contribution is 7.14. The first kappa shape index (κ1) is 19.7. The van der Waals surface area contributed by atoms with Gasteiger partial charge in [-0.05, 0) is 61.3 Å². The molecule has 2 unspecified atom stereocenters. The Morgan fingerprint density at radius 3 is 2.57 bits per heavy atom. The number of rotatable bonds is 4. The van der Waals surface area contributed by atoms with E-state index in [0.29, 0.717) is 12.0 Å². The molecule has 0 saturated carbocycles. The van der Waals surface area contributed by atoms with Crippen molar-refractivity contribution in [3.63, 3.8) is 0 Å². The van der Waals surface area contributed by atoms with E-state index in [1.165, 1.54) is 29.3 Å². The van der Waals surface area contributed by atoms with Gasteiger partial charge >= 0.3 is 0 Å². The van der Waals surface area contributed by atoms with Crippen LogP contribution in [0.15, 0.2) is 40.0 Å². The van der Waals surface area contributed by atoms with E-state index in [1.807, 2.05) is 29.7 Å². The lowest BCUT2D eigenvalue weighted by molar-refractivity contribution is 0.124. The van der Waals surface area contributed by atoms with Crippen LogP contribution in [0, 0.1) is 5.92 Å². The average molecular weight is 418 g/mol. The van der Waals surface area contributed by atoms with Gasteiger partial charge in [-0.3, -0.25) is 9.89 Å². The normalized spacial score (nSPS) is 24.6. The molecule has 2 aromatic rings. The molecule has 2 aliphatic heterocycles. The number of thiophene rings is 2. The van der Waals surface area contributed by atoms with E-state index < -0.39 is 0 Å². The Hall–Kier alpha value is -1.57. The third kappa shape index (κ3) is 4.36. The van der Waals surface area contributed by atoms with E-state index in [9.17, 15) is 0 Å². The molecule has 0 bridgehead atoms. The molecule has 2 aromatic heterocycles. The molecule has 2 saturated heterocycles. The van der Waals surface area contributed by atoms with Crippen LogP contribution in [0.4, 0.5) is 5.00 Å². The summed E-state index contributed by atoms with van der Waals surface area (Å²) < 4.78 is 0. The highest BCUT2D eigenvalue weighted by Crippen LogP contribution is 2.36. The van der Waals surface area contributed by atoms with Crippen molar-refractivity contribution in [1.82, 2.24) is 15.1 Å². The number of hydrogen-bond donors (Lipinski definition) is 1. The van der Waals surface area contributed by atoms with Crippen molar-refractivity contribution in [2.24, 2.45) is 10.9 Å². The fraction of sp³-hybridized carbons (Fsp3) is 0.571. The lowest BCUT2D eigenvalue weighted by Gasteiger charge is -2.40. The molecule has 2 fully saturated rings. The largest absolute Gasteiger partial charge is 0.360 e. The molecule has 28 heavy (non-hydrogen) atoms. The van der Waals surface area contributed by atoms with Crippen LogP contribution >= 0.6 is 22.7 Å². The second kappa shape index (κ2) is 9.29. The van der Waals surface area contributed by atoms with E-state index in [0.717, 1.165) is 38.7 Å². The molecule has 0 radical (unpaired) electrons. The van der Waals surface area contributed by atoms with Gasteiger partial charge in [0.2, 0.25) is 0 Å². The number of piperidine rings is 1. The van der Waals surface area contributed by atoms with Gasteiger partial charge in [0.05, 0.1) is 5.00 Å². The van der Waals surface area contributed by atoms with Gasteiger partial charge in [-0.15, -0.1) is 22.7 Å². The van der Waals surface area contributed by atoms with Crippen molar-refractivity contribution in [2.75, 3.05) is 58.3 Å². The van der Waals surface area contributed by atoms with Crippen LogP contribution in [0.3, 0.4) is 0 Å². The predicted molar refractivity (Wildman–Crippen MR) is 122 cm³/mol. The average Bonchev–Trinajstić information content (AvgIpc) is 3.43. The zero-order valence-corrected chi connectivity index (χ0v) is 18.5. The summed E-state index contributed by atoms with van der Waals surface area (Å²) in [6.07, 6.45) is 2.56. The van der Waals surface area contributed by atoms with Gasteiger partial charge in [0.15, 0.2) is 5.96 Å². The Morgan fingerprint density at radius 1 is 1.11 bits per heavy atom. The molecule has 4 heterocycles. The summed E-state index contributed by atoms with van der Waals surface area (Å²) in [5.41, 5.74) is 0. The lowest BCUT2D eigenvalue weighted by atomic mass is 9.88. The summed E-state index contributed by atoms with van der Waals surface area (Å²) in [5.74, 6) is 1.69. The van der Waals surface area contributed by atoms with E-state index in [2.05, 4.69) is 67.1 Å². The topological polar surface area (TPSA) is 34.1 Å². The fourth-order valence-corrected chi connectivity index (χ4v) is 6.29. The maximum Gasteiger partial charge on any atom is 0.193 e. The minimum atomic E-state index is 0.523. The Morgan fingerprint density at radius 2 is 1.89 bits per heavy atom. The molecule has 0 amide bonds. The number of likely N-dealkylation sites (tertiary alicyclic amines) is 1. The van der Waals surface area contributed by atoms with Crippen LogP contribution in [0.5, 0.6) is 0 Å². The number of piperazine rings is 1. The van der Waals surface area contributed by atoms with Crippen molar-refractivity contribution in [3.05, 3.63) is 39.9 Å². The number of nitrogens with one attached hydrogen (secondary N) is 1. The summed E-state index contributed by atoms with van der Waals surface area (Å²) in [7, 11) is 4.19. The monoisotopic (exact) mass is 417 g/mol. The molecule has 0 aliphatic carbocycles. The number of guanidine groups is 1. The van der Waals surface area contributed by atoms with Crippen molar-refractivity contribution in [3.8, 4) is 0 Å². The van der Waals surface area contributed by atoms with Crippen molar-refractivity contribution in [2.45, 2.75) is 18.9 Å². The van der Waals surface area contributed by atoms with Crippen molar-refractivity contribution in [1.29, 1.82) is 0 Å². The summed E-state index contributed by atoms with van der Waals surface area (Å²) in [6.45, 7) is 6.35. The maximum absolute atomic E-state index is 4.60. The summed E-state index contributed by atoms with van der Waals surface area (Å²) in [5, 5.41) is 9.45. The molecule has 7 heteroatoms. The van der Waals surface area contributed by atoms with Gasteiger partial charge in [0.25, 0.3) is 0 Å². The second-order valence-corrected chi connectivity index (χ2v) is 9.60. The first-order valence-electron chi connectivity index (χ1n) is 10.2. The highest BCUT2D eigenvalue weighted by atomic mass is 32.1. The number of aliphatic imine (C=N–C) groups is 1. The third-order valence-corrected chi connectivity index (χ3v) is 7.84. The standard InChI is InChI=1S/C21H31N5S2/c1-22-21(26-12-10-25(11-13-26)19-8-5-15-28-19)23-16-17-6-3-9-24(2)20(17)18-7-4-14-27-18/h4-5,7-8,14-15,17,20H,3,6,9-13,16H2,1-2H3,(H,22,23). The Balaban J connectivity index is 1.34. The fourth-order valence-electron chi connectivity index (χ4n) is 4.53. The van der Waals surface area contributed by atoms with Crippen LogP contribution in [-0.2, 0) is 0 Å². The Kier molecular flexibility index (Phi) is 6.54. The van der Waals surface area contributed by atoms with Gasteiger partial charge in [-0.2, -0.15) is 0 Å². The van der Waals surface area contributed by atoms with E-state index in [4.69, 9.17) is 0 Å². The van der Waals surface area contributed by atoms with E-state index in [-0.39, 0.29) is 0 Å². The van der Waals surface area contributed by atoms with Gasteiger partial charge < -0.3 is 15.1 Å². The van der Waals surface area contributed by atoms with Crippen molar-refractivity contribution >= 4 is 33.6 Å². The summed E-state index contributed by atoms with van der Waals surface area (Å²) >= 11 is 3.72. The molecule has 0 aromatic carbocycles. The summed E-state index contributed by atoms with van der Waals surface area (Å²) in [6, 6.07) is 9.35. The third-order valence-electron chi connectivity index (χ3n) is 5.97. The molecule has 152 valence electrons. The van der Waals surface area contributed by atoms with Crippen LogP contribution in [0.25, 0.3) is 0 Å². The van der Waals surface area contributed by atoms with Gasteiger partial charge in [-0.25, -0.2) is 0 Å². The number of nitrogens with zero attached hydrogens (tertiary/aromatic N) is 4. The molecule has 2 atom stereocenters. The van der Waals surface area contributed by atoms with Gasteiger partial charge in [-0.1, -0.05) is 6.07 Å². The van der Waals surface area contributed by atoms with E-state index >= 15 is 0 Å². The molecule has 2 aliphatic rings. The van der Waals surface area contributed by atoms with Gasteiger partial charge in [0.1, 0.15) is 0 Å². The summed E-state index contributed by atoms with van der Waals surface area (Å²) in [4.78, 5) is 13.5. The smallest absolute Gasteiger partial charge is 0.193 e. The molecular formula is C21H31N5S2. The van der Waals surface area contributed by atoms with Crippen LogP contribution in [0.2, 0.25) is 0 Å². The predicted octanol–water partition coefficient (Wildman–Crippen LogP) is 3.59. The van der Waals surface area contributed by atoms with Crippen LogP contribution < -0.4 is 10.2 Å². The number of hydrogen-bond acceptors (Lipinski definition) is 5. The minimum absolute atomic E-state index is 0.523. The lowest BCUT2D eigenvalue weighted by Crippen LogP contribution is -2.53. The van der Waals surface area contributed by atoms with Crippen LogP contribution in [-0.4, -0.2) is 69.1 Å². The first-order chi connectivity index (χ1) is 13.8. The first-order valence-corrected chi connectivity index (χ1v) is 12.0. The molecule has 4 rings (SSSR count). The Labute approximate surface area is 176 Å². The quantitative estimate of drug-likeness (QED) is 0.609. The van der Waals surface area contributed by atoms with Gasteiger partial charge in [0, 0.05) is 50.7 Å². The SMILES string of the molecule is CN=C(NCC1CCCN(C)C1c1cccs1)N1CCN(c2cccs2)CC1. The Bertz CT molecular complexity index is 735. The zero-order chi connectivity index (χ0) is 19.3. The highest BCUT2D eigenvalue weighted by Gasteiger charge is 2.31. The molecule has 1 N–H and O–H groups in total. The molecular weight excluding hydrogens is 386 g/mol. The molecule has 5 nitrogen and oxygen atoms in total. The van der Waals surface area contributed by atoms with E-state index in [1.54, 1.807) is 0 Å². The molecule has 0 spiro atoms.